The van der Waals surface area contributed by atoms with Gasteiger partial charge in [0.1, 0.15) is 12.3 Å². The lowest BCUT2D eigenvalue weighted by atomic mass is 10.2. The summed E-state index contributed by atoms with van der Waals surface area (Å²) >= 11 is 6.20. The Morgan fingerprint density at radius 1 is 0.889 bits per heavy atom. The lowest BCUT2D eigenvalue weighted by Gasteiger charge is -2.26. The molecule has 0 heterocycles. The van der Waals surface area contributed by atoms with Crippen molar-refractivity contribution in [1.29, 1.82) is 0 Å². The number of amides is 1. The molecule has 0 saturated heterocycles. The second-order valence-corrected chi connectivity index (χ2v) is 10.5. The quantitative estimate of drug-likeness (QED) is 0.284. The molecule has 184 valence electrons. The number of ether oxygens (including phenoxy) is 1. The van der Waals surface area contributed by atoms with Gasteiger partial charge in [-0.15, -0.1) is 0 Å². The van der Waals surface area contributed by atoms with Crippen molar-refractivity contribution in [3.8, 4) is 11.5 Å². The number of benzene rings is 4. The number of carbonyl (C=O) groups is 1. The van der Waals surface area contributed by atoms with E-state index in [1.807, 2.05) is 25.1 Å². The third kappa shape index (κ3) is 5.87. The Morgan fingerprint density at radius 2 is 1.56 bits per heavy atom. The zero-order valence-corrected chi connectivity index (χ0v) is 21.4. The van der Waals surface area contributed by atoms with Gasteiger partial charge in [0.25, 0.3) is 10.0 Å². The number of para-hydroxylation sites is 3. The summed E-state index contributed by atoms with van der Waals surface area (Å²) in [5.74, 6) is 0.510. The zero-order valence-electron chi connectivity index (χ0n) is 19.8. The standard InChI is InChI=1S/C28H25ClN2O4S/c1-20-12-16-24(17-13-20)36(33,34)31(26-18-22(29)15-14-21(26)2)19-28(32)30-25-10-6-7-11-27(25)35-23-8-4-3-5-9-23/h3-18H,19H2,1-2H3,(H,30,32). The maximum Gasteiger partial charge on any atom is 0.264 e. The average Bonchev–Trinajstić information content (AvgIpc) is 2.86. The van der Waals surface area contributed by atoms with Crippen LogP contribution in [0, 0.1) is 13.8 Å². The third-order valence-corrected chi connectivity index (χ3v) is 7.48. The van der Waals surface area contributed by atoms with E-state index in [0.29, 0.717) is 33.5 Å². The highest BCUT2D eigenvalue weighted by Crippen LogP contribution is 2.31. The molecule has 1 amide bonds. The Morgan fingerprint density at radius 3 is 2.28 bits per heavy atom. The first-order chi connectivity index (χ1) is 17.2. The van der Waals surface area contributed by atoms with Crippen molar-refractivity contribution >= 4 is 38.9 Å². The minimum absolute atomic E-state index is 0.0769. The predicted molar refractivity (Wildman–Crippen MR) is 143 cm³/mol. The van der Waals surface area contributed by atoms with Crippen LogP contribution >= 0.6 is 11.6 Å². The number of sulfonamides is 1. The number of rotatable bonds is 8. The Hall–Kier alpha value is -3.81. The monoisotopic (exact) mass is 520 g/mol. The number of aryl methyl sites for hydroxylation is 2. The lowest BCUT2D eigenvalue weighted by Crippen LogP contribution is -2.38. The van der Waals surface area contributed by atoms with Crippen molar-refractivity contribution in [2.45, 2.75) is 18.7 Å². The van der Waals surface area contributed by atoms with Crippen LogP contribution in [0.25, 0.3) is 0 Å². The van der Waals surface area contributed by atoms with Crippen LogP contribution in [0.4, 0.5) is 11.4 Å². The molecule has 6 nitrogen and oxygen atoms in total. The van der Waals surface area contributed by atoms with Crippen LogP contribution in [-0.2, 0) is 14.8 Å². The first-order valence-electron chi connectivity index (χ1n) is 11.2. The number of nitrogens with zero attached hydrogens (tertiary/aromatic N) is 1. The molecule has 4 rings (SSSR count). The lowest BCUT2D eigenvalue weighted by molar-refractivity contribution is -0.114. The highest BCUT2D eigenvalue weighted by Gasteiger charge is 2.29. The normalized spacial score (nSPS) is 11.1. The Labute approximate surface area is 216 Å². The van der Waals surface area contributed by atoms with Crippen LogP contribution in [0.5, 0.6) is 11.5 Å². The molecule has 8 heteroatoms. The molecule has 0 aliphatic carbocycles. The van der Waals surface area contributed by atoms with E-state index >= 15 is 0 Å². The number of hydrogen-bond acceptors (Lipinski definition) is 4. The van der Waals surface area contributed by atoms with Crippen molar-refractivity contribution in [1.82, 2.24) is 0 Å². The minimum atomic E-state index is -4.07. The number of halogens is 1. The molecule has 1 N–H and O–H groups in total. The summed E-state index contributed by atoms with van der Waals surface area (Å²) < 4.78 is 34.4. The third-order valence-electron chi connectivity index (χ3n) is 5.47. The SMILES string of the molecule is Cc1ccc(S(=O)(=O)N(CC(=O)Nc2ccccc2Oc2ccccc2)c2cc(Cl)ccc2C)cc1. The first-order valence-corrected chi connectivity index (χ1v) is 13.0. The molecule has 0 bridgehead atoms. The van der Waals surface area contributed by atoms with Crippen molar-refractivity contribution in [2.75, 3.05) is 16.2 Å². The van der Waals surface area contributed by atoms with Crippen molar-refractivity contribution < 1.29 is 17.9 Å². The van der Waals surface area contributed by atoms with Crippen LogP contribution in [-0.4, -0.2) is 20.9 Å². The van der Waals surface area contributed by atoms with Gasteiger partial charge < -0.3 is 10.1 Å². The second kappa shape index (κ2) is 10.8. The van der Waals surface area contributed by atoms with Gasteiger partial charge in [0, 0.05) is 5.02 Å². The molecule has 0 saturated carbocycles. The van der Waals surface area contributed by atoms with E-state index in [4.69, 9.17) is 16.3 Å². The van der Waals surface area contributed by atoms with E-state index in [1.54, 1.807) is 73.7 Å². The van der Waals surface area contributed by atoms with E-state index < -0.39 is 22.5 Å². The van der Waals surface area contributed by atoms with E-state index in [-0.39, 0.29) is 4.90 Å². The number of anilines is 2. The summed E-state index contributed by atoms with van der Waals surface area (Å²) in [5.41, 5.74) is 2.33. The fourth-order valence-corrected chi connectivity index (χ4v) is 5.23. The molecule has 4 aromatic carbocycles. The fraction of sp³-hybridized carbons (Fsp3) is 0.107. The largest absolute Gasteiger partial charge is 0.455 e. The molecule has 0 aromatic heterocycles. The number of nitrogens with one attached hydrogen (secondary N) is 1. The second-order valence-electron chi connectivity index (χ2n) is 8.21. The van der Waals surface area contributed by atoms with Crippen molar-refractivity contribution in [3.05, 3.63) is 113 Å². The van der Waals surface area contributed by atoms with Gasteiger partial charge in [0.2, 0.25) is 5.91 Å². The van der Waals surface area contributed by atoms with Crippen LogP contribution in [0.1, 0.15) is 11.1 Å². The zero-order chi connectivity index (χ0) is 25.7. The summed E-state index contributed by atoms with van der Waals surface area (Å²) in [7, 11) is -4.07. The van der Waals surface area contributed by atoms with Gasteiger partial charge in [-0.1, -0.05) is 65.7 Å². The van der Waals surface area contributed by atoms with E-state index in [1.165, 1.54) is 12.1 Å². The number of carbonyl (C=O) groups excluding carboxylic acids is 1. The van der Waals surface area contributed by atoms with Gasteiger partial charge in [-0.2, -0.15) is 0 Å². The van der Waals surface area contributed by atoms with Crippen LogP contribution in [0.15, 0.2) is 102 Å². The van der Waals surface area contributed by atoms with Gasteiger partial charge >= 0.3 is 0 Å². The van der Waals surface area contributed by atoms with Gasteiger partial charge in [0.15, 0.2) is 5.75 Å². The van der Waals surface area contributed by atoms with Gasteiger partial charge in [-0.3, -0.25) is 9.10 Å². The predicted octanol–water partition coefficient (Wildman–Crippen LogP) is 6.58. The molecule has 0 atom stereocenters. The number of hydrogen-bond donors (Lipinski definition) is 1. The maximum atomic E-state index is 13.7. The molecular weight excluding hydrogens is 496 g/mol. The summed E-state index contributed by atoms with van der Waals surface area (Å²) in [4.78, 5) is 13.3. The van der Waals surface area contributed by atoms with Gasteiger partial charge in [0.05, 0.1) is 16.3 Å². The molecular formula is C28H25ClN2O4S. The van der Waals surface area contributed by atoms with Gasteiger partial charge in [-0.05, 0) is 67.9 Å². The molecule has 0 radical (unpaired) electrons. The van der Waals surface area contributed by atoms with Crippen LogP contribution < -0.4 is 14.4 Å². The Kier molecular flexibility index (Phi) is 7.62. The van der Waals surface area contributed by atoms with E-state index in [2.05, 4.69) is 5.32 Å². The van der Waals surface area contributed by atoms with Crippen molar-refractivity contribution in [2.24, 2.45) is 0 Å². The van der Waals surface area contributed by atoms with Crippen molar-refractivity contribution in [3.63, 3.8) is 0 Å². The topological polar surface area (TPSA) is 75.7 Å². The average molecular weight is 521 g/mol. The highest BCUT2D eigenvalue weighted by molar-refractivity contribution is 7.92. The minimum Gasteiger partial charge on any atom is -0.455 e. The van der Waals surface area contributed by atoms with Crippen LogP contribution in [0.3, 0.4) is 0 Å². The van der Waals surface area contributed by atoms with Gasteiger partial charge in [-0.25, -0.2) is 8.42 Å². The molecule has 36 heavy (non-hydrogen) atoms. The molecule has 0 aliphatic rings. The molecule has 0 aliphatic heterocycles. The summed E-state index contributed by atoms with van der Waals surface area (Å²) in [6.45, 7) is 3.18. The molecule has 0 unspecified atom stereocenters. The summed E-state index contributed by atoms with van der Waals surface area (Å²) in [6, 6.07) is 27.6. The molecule has 4 aromatic rings. The van der Waals surface area contributed by atoms with Crippen LogP contribution in [0.2, 0.25) is 5.02 Å². The summed E-state index contributed by atoms with van der Waals surface area (Å²) in [6.07, 6.45) is 0. The molecule has 0 spiro atoms. The first kappa shape index (κ1) is 25.3. The summed E-state index contributed by atoms with van der Waals surface area (Å²) in [5, 5.41) is 3.16. The Balaban J connectivity index is 1.65. The molecule has 0 fully saturated rings. The maximum absolute atomic E-state index is 13.7. The van der Waals surface area contributed by atoms with E-state index in [9.17, 15) is 13.2 Å². The highest BCUT2D eigenvalue weighted by atomic mass is 35.5. The van der Waals surface area contributed by atoms with E-state index in [0.717, 1.165) is 9.87 Å². The smallest absolute Gasteiger partial charge is 0.264 e. The Bertz CT molecular complexity index is 1470. The fourth-order valence-electron chi connectivity index (χ4n) is 3.58.